The average molecular weight is 285 g/mol. The predicted octanol–water partition coefficient (Wildman–Crippen LogP) is 1.87. The first-order valence-electron chi connectivity index (χ1n) is 6.23. The Balaban J connectivity index is 2.04. The number of hydrogen-bond donors (Lipinski definition) is 2. The Bertz CT molecular complexity index is 684. The summed E-state index contributed by atoms with van der Waals surface area (Å²) in [5.74, 6) is 0.0727. The first-order chi connectivity index (χ1) is 10.1. The fraction of sp³-hybridized carbons (Fsp3) is 0.133. The maximum absolute atomic E-state index is 11.8. The predicted molar refractivity (Wildman–Crippen MR) is 78.7 cm³/mol. The molecule has 1 aromatic carbocycles. The van der Waals surface area contributed by atoms with E-state index in [4.69, 9.17) is 4.74 Å². The third-order valence-electron chi connectivity index (χ3n) is 2.74. The number of rotatable bonds is 4. The minimum atomic E-state index is -0.317. The third-order valence-corrected chi connectivity index (χ3v) is 2.74. The van der Waals surface area contributed by atoms with Crippen LogP contribution in [0.25, 0.3) is 0 Å². The van der Waals surface area contributed by atoms with E-state index in [9.17, 15) is 9.90 Å². The normalized spacial score (nSPS) is 10.6. The van der Waals surface area contributed by atoms with Gasteiger partial charge in [-0.3, -0.25) is 9.78 Å². The van der Waals surface area contributed by atoms with Gasteiger partial charge in [0.05, 0.1) is 13.3 Å². The number of amides is 1. The smallest absolute Gasteiger partial charge is 0.271 e. The Labute approximate surface area is 122 Å². The van der Waals surface area contributed by atoms with E-state index in [1.807, 2.05) is 6.92 Å². The fourth-order valence-electron chi connectivity index (χ4n) is 1.69. The highest BCUT2D eigenvalue weighted by Gasteiger charge is 2.04. The van der Waals surface area contributed by atoms with E-state index in [1.54, 1.807) is 30.5 Å². The molecule has 21 heavy (non-hydrogen) atoms. The monoisotopic (exact) mass is 285 g/mol. The van der Waals surface area contributed by atoms with Crippen LogP contribution in [0.15, 0.2) is 41.6 Å². The number of phenols is 1. The van der Waals surface area contributed by atoms with Gasteiger partial charge in [-0.1, -0.05) is 0 Å². The highest BCUT2D eigenvalue weighted by molar-refractivity contribution is 5.94. The second kappa shape index (κ2) is 6.51. The molecule has 0 saturated heterocycles. The van der Waals surface area contributed by atoms with Crippen molar-refractivity contribution in [2.75, 3.05) is 7.11 Å². The van der Waals surface area contributed by atoms with Crippen LogP contribution >= 0.6 is 0 Å². The number of pyridine rings is 1. The highest BCUT2D eigenvalue weighted by atomic mass is 16.5. The second-order valence-electron chi connectivity index (χ2n) is 4.32. The van der Waals surface area contributed by atoms with Gasteiger partial charge in [0.25, 0.3) is 5.91 Å². The minimum absolute atomic E-state index is 0.0472. The molecule has 1 heterocycles. The van der Waals surface area contributed by atoms with Crippen molar-refractivity contribution in [2.45, 2.75) is 6.92 Å². The van der Waals surface area contributed by atoms with Crippen molar-refractivity contribution in [3.05, 3.63) is 53.3 Å². The van der Waals surface area contributed by atoms with E-state index in [-0.39, 0.29) is 11.7 Å². The molecule has 0 radical (unpaired) electrons. The van der Waals surface area contributed by atoms with Crippen molar-refractivity contribution in [3.63, 3.8) is 0 Å². The maximum Gasteiger partial charge on any atom is 0.271 e. The molecule has 0 saturated carbocycles. The summed E-state index contributed by atoms with van der Waals surface area (Å²) in [5, 5.41) is 13.3. The molecule has 6 nitrogen and oxygen atoms in total. The molecule has 6 heteroatoms. The Hall–Kier alpha value is -2.89. The van der Waals surface area contributed by atoms with E-state index in [2.05, 4.69) is 15.5 Å². The van der Waals surface area contributed by atoms with Gasteiger partial charge in [0.15, 0.2) is 11.5 Å². The van der Waals surface area contributed by atoms with Crippen LogP contribution in [-0.4, -0.2) is 29.3 Å². The molecule has 108 valence electrons. The van der Waals surface area contributed by atoms with Crippen molar-refractivity contribution in [2.24, 2.45) is 5.10 Å². The average Bonchev–Trinajstić information content (AvgIpc) is 2.48. The topological polar surface area (TPSA) is 83.8 Å². The van der Waals surface area contributed by atoms with Gasteiger partial charge < -0.3 is 9.84 Å². The Morgan fingerprint density at radius 2 is 2.19 bits per heavy atom. The molecule has 0 fully saturated rings. The highest BCUT2D eigenvalue weighted by Crippen LogP contribution is 2.25. The van der Waals surface area contributed by atoms with Crippen molar-refractivity contribution in [3.8, 4) is 11.5 Å². The quantitative estimate of drug-likeness (QED) is 0.663. The van der Waals surface area contributed by atoms with Crippen molar-refractivity contribution in [1.82, 2.24) is 10.4 Å². The summed E-state index contributed by atoms with van der Waals surface area (Å²) in [5.41, 5.74) is 4.36. The van der Waals surface area contributed by atoms with Crippen molar-refractivity contribution < 1.29 is 14.6 Å². The van der Waals surface area contributed by atoms with E-state index >= 15 is 0 Å². The van der Waals surface area contributed by atoms with Gasteiger partial charge in [-0.25, -0.2) is 5.43 Å². The summed E-state index contributed by atoms with van der Waals surface area (Å²) in [6, 6.07) is 8.05. The molecule has 2 aromatic rings. The number of aryl methyl sites for hydroxylation is 1. The molecule has 0 aliphatic rings. The summed E-state index contributed by atoms with van der Waals surface area (Å²) in [6.45, 7) is 1.81. The molecular weight excluding hydrogens is 270 g/mol. The van der Waals surface area contributed by atoms with E-state index in [0.717, 1.165) is 5.69 Å². The van der Waals surface area contributed by atoms with Crippen LogP contribution in [-0.2, 0) is 0 Å². The molecule has 0 atom stereocenters. The maximum atomic E-state index is 11.8. The Morgan fingerprint density at radius 1 is 1.38 bits per heavy atom. The van der Waals surface area contributed by atoms with Gasteiger partial charge in [-0.2, -0.15) is 5.10 Å². The number of methoxy groups -OCH3 is 1. The fourth-order valence-corrected chi connectivity index (χ4v) is 1.69. The molecule has 0 aliphatic heterocycles. The number of aromatic hydroxyl groups is 1. The number of carbonyl (C=O) groups is 1. The van der Waals surface area contributed by atoms with Crippen molar-refractivity contribution >= 4 is 12.1 Å². The largest absolute Gasteiger partial charge is 0.504 e. The zero-order valence-corrected chi connectivity index (χ0v) is 11.7. The number of phenolic OH excluding ortho intramolecular Hbond substituents is 1. The summed E-state index contributed by atoms with van der Waals surface area (Å²) in [4.78, 5) is 15.9. The van der Waals surface area contributed by atoms with Crippen LogP contribution in [0.3, 0.4) is 0 Å². The number of nitrogens with one attached hydrogen (secondary N) is 1. The number of hydrazone groups is 1. The molecule has 1 aromatic heterocycles. The molecule has 2 rings (SSSR count). The van der Waals surface area contributed by atoms with Crippen LogP contribution in [0.4, 0.5) is 0 Å². The second-order valence-corrected chi connectivity index (χ2v) is 4.32. The van der Waals surface area contributed by atoms with Gasteiger partial charge in [0, 0.05) is 17.5 Å². The number of benzene rings is 1. The van der Waals surface area contributed by atoms with Gasteiger partial charge in [0.1, 0.15) is 0 Å². The lowest BCUT2D eigenvalue weighted by atomic mass is 10.2. The van der Waals surface area contributed by atoms with Gasteiger partial charge in [0.2, 0.25) is 0 Å². The number of ether oxygens (including phenoxy) is 1. The summed E-state index contributed by atoms with van der Waals surface area (Å²) >= 11 is 0. The number of carbonyl (C=O) groups excluding carboxylic acids is 1. The summed E-state index contributed by atoms with van der Waals surface area (Å²) < 4.78 is 4.99. The van der Waals surface area contributed by atoms with Gasteiger partial charge >= 0.3 is 0 Å². The lowest BCUT2D eigenvalue weighted by molar-refractivity contribution is 0.0955. The lowest BCUT2D eigenvalue weighted by Gasteiger charge is -2.03. The molecule has 1 amide bonds. The Kier molecular flexibility index (Phi) is 4.50. The SMILES string of the molecule is COc1cc(/C=N\NC(=O)c2ccnc(C)c2)ccc1O. The number of aromatic nitrogens is 1. The molecule has 0 bridgehead atoms. The van der Waals surface area contributed by atoms with Crippen LogP contribution in [0, 0.1) is 6.92 Å². The van der Waals surface area contributed by atoms with Crippen LogP contribution in [0.1, 0.15) is 21.6 Å². The van der Waals surface area contributed by atoms with E-state index < -0.39 is 0 Å². The van der Waals surface area contributed by atoms with Gasteiger partial charge in [-0.15, -0.1) is 0 Å². The van der Waals surface area contributed by atoms with Crippen LogP contribution < -0.4 is 10.2 Å². The van der Waals surface area contributed by atoms with Crippen LogP contribution in [0.2, 0.25) is 0 Å². The van der Waals surface area contributed by atoms with Crippen LogP contribution in [0.5, 0.6) is 11.5 Å². The summed E-state index contributed by atoms with van der Waals surface area (Å²) in [6.07, 6.45) is 3.03. The number of nitrogens with zero attached hydrogens (tertiary/aromatic N) is 2. The van der Waals surface area contributed by atoms with E-state index in [0.29, 0.717) is 16.9 Å². The molecule has 0 aliphatic carbocycles. The zero-order chi connectivity index (χ0) is 15.2. The Morgan fingerprint density at radius 3 is 2.90 bits per heavy atom. The first kappa shape index (κ1) is 14.5. The molecule has 2 N–H and O–H groups in total. The zero-order valence-electron chi connectivity index (χ0n) is 11.7. The first-order valence-corrected chi connectivity index (χ1v) is 6.23. The minimum Gasteiger partial charge on any atom is -0.504 e. The standard InChI is InChI=1S/C15H15N3O3/c1-10-7-12(5-6-16-10)15(20)18-17-9-11-3-4-13(19)14(8-11)21-2/h3-9,19H,1-2H3,(H,18,20)/b17-9-. The lowest BCUT2D eigenvalue weighted by Crippen LogP contribution is -2.17. The van der Waals surface area contributed by atoms with Gasteiger partial charge in [-0.05, 0) is 42.8 Å². The van der Waals surface area contributed by atoms with E-state index in [1.165, 1.54) is 19.4 Å². The molecule has 0 unspecified atom stereocenters. The van der Waals surface area contributed by atoms with Crippen molar-refractivity contribution in [1.29, 1.82) is 0 Å². The molecule has 0 spiro atoms. The molecular formula is C15H15N3O3. The number of hydrogen-bond acceptors (Lipinski definition) is 5. The third kappa shape index (κ3) is 3.79. The summed E-state index contributed by atoms with van der Waals surface area (Å²) in [7, 11) is 1.46.